The number of rotatable bonds is 3. The fraction of sp³-hybridized carbons (Fsp3) is 0.583. The molecule has 2 N–H and O–H groups in total. The molecule has 1 atom stereocenters. The zero-order valence-electron chi connectivity index (χ0n) is 11.1. The Morgan fingerprint density at radius 2 is 2.11 bits per heavy atom. The highest BCUT2D eigenvalue weighted by Gasteiger charge is 2.26. The SMILES string of the molecule is Cc1ncsc1C(=O)N1CCN(C(C)C(N)=S)CC1. The highest BCUT2D eigenvalue weighted by molar-refractivity contribution is 7.80. The van der Waals surface area contributed by atoms with Crippen molar-refractivity contribution in [3.05, 3.63) is 16.1 Å². The third-order valence-electron chi connectivity index (χ3n) is 3.50. The summed E-state index contributed by atoms with van der Waals surface area (Å²) < 4.78 is 0. The predicted molar refractivity (Wildman–Crippen MR) is 80.6 cm³/mol. The molecule has 0 saturated carbocycles. The lowest BCUT2D eigenvalue weighted by atomic mass is 10.2. The average Bonchev–Trinajstić information content (AvgIpc) is 2.83. The van der Waals surface area contributed by atoms with Crippen molar-refractivity contribution in [1.82, 2.24) is 14.8 Å². The molecule has 0 bridgehead atoms. The lowest BCUT2D eigenvalue weighted by Gasteiger charge is -2.37. The zero-order chi connectivity index (χ0) is 14.0. The van der Waals surface area contributed by atoms with E-state index in [1.165, 1.54) is 11.3 Å². The minimum absolute atomic E-state index is 0.0858. The molecule has 104 valence electrons. The number of aryl methyl sites for hydroxylation is 1. The number of carbonyl (C=O) groups is 1. The molecule has 0 spiro atoms. The average molecular weight is 298 g/mol. The van der Waals surface area contributed by atoms with E-state index in [0.29, 0.717) is 18.1 Å². The molecule has 1 unspecified atom stereocenters. The summed E-state index contributed by atoms with van der Waals surface area (Å²) in [6, 6.07) is 0.0948. The molecule has 1 aliphatic rings. The largest absolute Gasteiger partial charge is 0.392 e. The van der Waals surface area contributed by atoms with Crippen molar-refractivity contribution in [1.29, 1.82) is 0 Å². The van der Waals surface area contributed by atoms with Crippen LogP contribution >= 0.6 is 23.6 Å². The van der Waals surface area contributed by atoms with Gasteiger partial charge in [-0.15, -0.1) is 11.3 Å². The van der Waals surface area contributed by atoms with Gasteiger partial charge in [-0.1, -0.05) is 12.2 Å². The highest BCUT2D eigenvalue weighted by atomic mass is 32.1. The summed E-state index contributed by atoms with van der Waals surface area (Å²) in [6.07, 6.45) is 0. The lowest BCUT2D eigenvalue weighted by molar-refractivity contribution is 0.0625. The van der Waals surface area contributed by atoms with Crippen LogP contribution in [-0.2, 0) is 0 Å². The third kappa shape index (κ3) is 3.10. The lowest BCUT2D eigenvalue weighted by Crippen LogP contribution is -2.53. The summed E-state index contributed by atoms with van der Waals surface area (Å²) >= 11 is 6.42. The molecular weight excluding hydrogens is 280 g/mol. The second-order valence-corrected chi connectivity index (χ2v) is 6.00. The van der Waals surface area contributed by atoms with E-state index < -0.39 is 0 Å². The molecule has 1 aliphatic heterocycles. The van der Waals surface area contributed by atoms with Crippen LogP contribution in [0.25, 0.3) is 0 Å². The fourth-order valence-corrected chi connectivity index (χ4v) is 3.06. The molecule has 5 nitrogen and oxygen atoms in total. The van der Waals surface area contributed by atoms with Crippen LogP contribution in [0.5, 0.6) is 0 Å². The molecular formula is C12H18N4OS2. The van der Waals surface area contributed by atoms with E-state index in [0.717, 1.165) is 23.7 Å². The van der Waals surface area contributed by atoms with Gasteiger partial charge in [0.2, 0.25) is 0 Å². The van der Waals surface area contributed by atoms with Crippen LogP contribution in [0.15, 0.2) is 5.51 Å². The number of piperazine rings is 1. The minimum Gasteiger partial charge on any atom is -0.392 e. The summed E-state index contributed by atoms with van der Waals surface area (Å²) in [5, 5.41) is 0. The predicted octanol–water partition coefficient (Wildman–Crippen LogP) is 0.884. The summed E-state index contributed by atoms with van der Waals surface area (Å²) in [5.41, 5.74) is 8.19. The first-order chi connectivity index (χ1) is 9.00. The van der Waals surface area contributed by atoms with Crippen molar-refractivity contribution < 1.29 is 4.79 Å². The number of thiazole rings is 1. The van der Waals surface area contributed by atoms with Crippen LogP contribution in [0.2, 0.25) is 0 Å². The molecule has 1 aromatic rings. The number of amides is 1. The second kappa shape index (κ2) is 5.94. The van der Waals surface area contributed by atoms with E-state index in [4.69, 9.17) is 18.0 Å². The topological polar surface area (TPSA) is 62.5 Å². The Bertz CT molecular complexity index is 480. The Balaban J connectivity index is 1.95. The van der Waals surface area contributed by atoms with E-state index in [2.05, 4.69) is 9.88 Å². The van der Waals surface area contributed by atoms with Crippen molar-refractivity contribution in [2.45, 2.75) is 19.9 Å². The summed E-state index contributed by atoms with van der Waals surface area (Å²) in [5.74, 6) is 0.0858. The molecule has 1 fully saturated rings. The van der Waals surface area contributed by atoms with Gasteiger partial charge in [-0.3, -0.25) is 9.69 Å². The van der Waals surface area contributed by atoms with Gasteiger partial charge in [0.1, 0.15) is 4.88 Å². The van der Waals surface area contributed by atoms with Crippen LogP contribution in [0, 0.1) is 6.92 Å². The summed E-state index contributed by atoms with van der Waals surface area (Å²) in [6.45, 7) is 6.92. The minimum atomic E-state index is 0.0858. The number of hydrogen-bond donors (Lipinski definition) is 1. The van der Waals surface area contributed by atoms with E-state index >= 15 is 0 Å². The van der Waals surface area contributed by atoms with Gasteiger partial charge < -0.3 is 10.6 Å². The Kier molecular flexibility index (Phi) is 4.49. The first kappa shape index (κ1) is 14.4. The first-order valence-electron chi connectivity index (χ1n) is 6.23. The van der Waals surface area contributed by atoms with Gasteiger partial charge in [0.15, 0.2) is 0 Å². The van der Waals surface area contributed by atoms with Gasteiger partial charge in [-0.05, 0) is 13.8 Å². The Morgan fingerprint density at radius 1 is 1.47 bits per heavy atom. The Morgan fingerprint density at radius 3 is 2.58 bits per heavy atom. The van der Waals surface area contributed by atoms with Gasteiger partial charge >= 0.3 is 0 Å². The fourth-order valence-electron chi connectivity index (χ4n) is 2.14. The second-order valence-electron chi connectivity index (χ2n) is 4.67. The van der Waals surface area contributed by atoms with Crippen LogP contribution in [0.1, 0.15) is 22.3 Å². The molecule has 2 heterocycles. The van der Waals surface area contributed by atoms with Crippen molar-refractivity contribution in [2.24, 2.45) is 5.73 Å². The molecule has 1 saturated heterocycles. The molecule has 0 aromatic carbocycles. The summed E-state index contributed by atoms with van der Waals surface area (Å²) in [4.78, 5) is 21.8. The molecule has 7 heteroatoms. The smallest absolute Gasteiger partial charge is 0.265 e. The molecule has 2 rings (SSSR count). The normalized spacial score (nSPS) is 18.3. The van der Waals surface area contributed by atoms with Gasteiger partial charge in [0, 0.05) is 26.2 Å². The van der Waals surface area contributed by atoms with Gasteiger partial charge in [-0.2, -0.15) is 0 Å². The molecule has 1 amide bonds. The maximum Gasteiger partial charge on any atom is 0.265 e. The standard InChI is InChI=1S/C12H18N4OS2/c1-8-10(19-7-14-8)12(17)16-5-3-15(4-6-16)9(2)11(13)18/h7,9H,3-6H2,1-2H3,(H2,13,18). The van der Waals surface area contributed by atoms with Crippen molar-refractivity contribution in [3.63, 3.8) is 0 Å². The zero-order valence-corrected chi connectivity index (χ0v) is 12.8. The molecule has 0 aliphatic carbocycles. The van der Waals surface area contributed by atoms with Crippen LogP contribution in [0.3, 0.4) is 0 Å². The van der Waals surface area contributed by atoms with E-state index in [9.17, 15) is 4.79 Å². The van der Waals surface area contributed by atoms with Crippen LogP contribution in [0.4, 0.5) is 0 Å². The van der Waals surface area contributed by atoms with Crippen LogP contribution < -0.4 is 5.73 Å². The van der Waals surface area contributed by atoms with Gasteiger partial charge in [0.25, 0.3) is 5.91 Å². The van der Waals surface area contributed by atoms with Crippen molar-refractivity contribution >= 4 is 34.5 Å². The Labute approximate surface area is 122 Å². The molecule has 19 heavy (non-hydrogen) atoms. The van der Waals surface area contributed by atoms with E-state index in [-0.39, 0.29) is 11.9 Å². The van der Waals surface area contributed by atoms with Gasteiger partial charge in [0.05, 0.1) is 22.2 Å². The number of nitrogens with two attached hydrogens (primary N) is 1. The number of carbonyl (C=O) groups excluding carboxylic acids is 1. The first-order valence-corrected chi connectivity index (χ1v) is 7.52. The van der Waals surface area contributed by atoms with Gasteiger partial charge in [-0.25, -0.2) is 4.98 Å². The number of thiocarbonyl (C=S) groups is 1. The number of nitrogens with zero attached hydrogens (tertiary/aromatic N) is 3. The number of hydrogen-bond acceptors (Lipinski definition) is 5. The number of aromatic nitrogens is 1. The summed E-state index contributed by atoms with van der Waals surface area (Å²) in [7, 11) is 0. The maximum atomic E-state index is 12.3. The molecule has 1 aromatic heterocycles. The highest BCUT2D eigenvalue weighted by Crippen LogP contribution is 2.17. The Hall–Kier alpha value is -1.05. The van der Waals surface area contributed by atoms with E-state index in [1.54, 1.807) is 5.51 Å². The van der Waals surface area contributed by atoms with Crippen LogP contribution in [-0.4, -0.2) is 57.9 Å². The maximum absolute atomic E-state index is 12.3. The molecule has 0 radical (unpaired) electrons. The van der Waals surface area contributed by atoms with Crippen molar-refractivity contribution in [3.8, 4) is 0 Å². The monoisotopic (exact) mass is 298 g/mol. The van der Waals surface area contributed by atoms with Crippen molar-refractivity contribution in [2.75, 3.05) is 26.2 Å². The third-order valence-corrected chi connectivity index (χ3v) is 4.76. The quantitative estimate of drug-likeness (QED) is 0.840. The van der Waals surface area contributed by atoms with E-state index in [1.807, 2.05) is 18.7 Å².